The maximum atomic E-state index is 9.47. The molecule has 0 amide bonds. The maximum Gasteiger partial charge on any atom is 0.0702 e. The molecule has 2 aliphatic heterocycles. The molecule has 98 valence electrons. The van der Waals surface area contributed by atoms with Crippen LogP contribution in [0, 0.1) is 0 Å². The second-order valence-electron chi connectivity index (χ2n) is 5.42. The number of para-hydroxylation sites is 1. The molecule has 3 heteroatoms. The molecule has 0 aromatic heterocycles. The van der Waals surface area contributed by atoms with E-state index in [-0.39, 0.29) is 6.61 Å². The van der Waals surface area contributed by atoms with E-state index in [0.29, 0.717) is 0 Å². The first-order valence-corrected chi connectivity index (χ1v) is 7.06. The average molecular weight is 246 g/mol. The average Bonchev–Trinajstić information content (AvgIpc) is 2.76. The molecule has 2 fully saturated rings. The molecule has 0 spiro atoms. The standard InChI is InChI=1S/C15H22N2O/c18-12-13-5-1-2-7-15(13)17-10-4-9-16-8-3-6-14(16)11-17/h1-2,5,7,14,18H,3-4,6,8-12H2. The Labute approximate surface area is 109 Å². The molecule has 1 aromatic rings. The highest BCUT2D eigenvalue weighted by Gasteiger charge is 2.29. The number of aliphatic hydroxyl groups excluding tert-OH is 1. The fourth-order valence-electron chi connectivity index (χ4n) is 3.38. The summed E-state index contributed by atoms with van der Waals surface area (Å²) in [4.78, 5) is 5.11. The fourth-order valence-corrected chi connectivity index (χ4v) is 3.38. The zero-order valence-electron chi connectivity index (χ0n) is 10.9. The normalized spacial score (nSPS) is 24.9. The van der Waals surface area contributed by atoms with Crippen LogP contribution in [0.4, 0.5) is 5.69 Å². The van der Waals surface area contributed by atoms with E-state index in [4.69, 9.17) is 0 Å². The predicted molar refractivity (Wildman–Crippen MR) is 73.8 cm³/mol. The molecule has 3 rings (SSSR count). The van der Waals surface area contributed by atoms with E-state index < -0.39 is 0 Å². The van der Waals surface area contributed by atoms with Crippen LogP contribution >= 0.6 is 0 Å². The first-order valence-electron chi connectivity index (χ1n) is 7.06. The summed E-state index contributed by atoms with van der Waals surface area (Å²) in [5.74, 6) is 0. The van der Waals surface area contributed by atoms with Gasteiger partial charge in [0.2, 0.25) is 0 Å². The molecule has 3 nitrogen and oxygen atoms in total. The minimum atomic E-state index is 0.140. The van der Waals surface area contributed by atoms with Crippen LogP contribution in [0.15, 0.2) is 24.3 Å². The van der Waals surface area contributed by atoms with Gasteiger partial charge in [0.05, 0.1) is 6.61 Å². The van der Waals surface area contributed by atoms with E-state index in [1.54, 1.807) is 0 Å². The zero-order valence-corrected chi connectivity index (χ0v) is 10.9. The van der Waals surface area contributed by atoms with Crippen molar-refractivity contribution >= 4 is 5.69 Å². The van der Waals surface area contributed by atoms with Crippen LogP contribution in [0.1, 0.15) is 24.8 Å². The van der Waals surface area contributed by atoms with Crippen molar-refractivity contribution in [2.75, 3.05) is 31.1 Å². The van der Waals surface area contributed by atoms with E-state index in [2.05, 4.69) is 21.9 Å². The van der Waals surface area contributed by atoms with E-state index in [1.807, 2.05) is 12.1 Å². The van der Waals surface area contributed by atoms with Gasteiger partial charge in [-0.3, -0.25) is 4.90 Å². The highest BCUT2D eigenvalue weighted by atomic mass is 16.3. The fraction of sp³-hybridized carbons (Fsp3) is 0.600. The number of fused-ring (bicyclic) bond motifs is 1. The molecule has 1 N–H and O–H groups in total. The van der Waals surface area contributed by atoms with Crippen molar-refractivity contribution in [3.8, 4) is 0 Å². The Balaban J connectivity index is 1.82. The van der Waals surface area contributed by atoms with Crippen molar-refractivity contribution in [2.24, 2.45) is 0 Å². The first-order chi connectivity index (χ1) is 8.88. The minimum Gasteiger partial charge on any atom is -0.392 e. The van der Waals surface area contributed by atoms with Gasteiger partial charge in [-0.25, -0.2) is 0 Å². The second-order valence-corrected chi connectivity index (χ2v) is 5.42. The minimum absolute atomic E-state index is 0.140. The number of nitrogens with zero attached hydrogens (tertiary/aromatic N) is 2. The van der Waals surface area contributed by atoms with E-state index in [9.17, 15) is 5.11 Å². The quantitative estimate of drug-likeness (QED) is 0.863. The van der Waals surface area contributed by atoms with E-state index in [1.165, 1.54) is 38.0 Å². The van der Waals surface area contributed by atoms with Gasteiger partial charge in [0.1, 0.15) is 0 Å². The van der Waals surface area contributed by atoms with Gasteiger partial charge in [0, 0.05) is 36.9 Å². The number of benzene rings is 1. The third kappa shape index (κ3) is 2.25. The van der Waals surface area contributed by atoms with Crippen LogP contribution in [-0.2, 0) is 6.61 Å². The summed E-state index contributed by atoms with van der Waals surface area (Å²) in [5.41, 5.74) is 2.29. The lowest BCUT2D eigenvalue weighted by molar-refractivity contribution is 0.272. The van der Waals surface area contributed by atoms with Gasteiger partial charge in [0.15, 0.2) is 0 Å². The van der Waals surface area contributed by atoms with Gasteiger partial charge in [-0.1, -0.05) is 18.2 Å². The Morgan fingerprint density at radius 2 is 1.94 bits per heavy atom. The Morgan fingerprint density at radius 3 is 2.83 bits per heavy atom. The van der Waals surface area contributed by atoms with Crippen molar-refractivity contribution in [1.29, 1.82) is 0 Å². The molecule has 0 radical (unpaired) electrons. The van der Waals surface area contributed by atoms with Gasteiger partial charge >= 0.3 is 0 Å². The number of anilines is 1. The summed E-state index contributed by atoms with van der Waals surface area (Å²) in [6, 6.07) is 8.99. The number of rotatable bonds is 2. The highest BCUT2D eigenvalue weighted by Crippen LogP contribution is 2.27. The summed E-state index contributed by atoms with van der Waals surface area (Å²) in [5, 5.41) is 9.47. The Morgan fingerprint density at radius 1 is 1.11 bits per heavy atom. The van der Waals surface area contributed by atoms with Crippen molar-refractivity contribution in [2.45, 2.75) is 31.9 Å². The molecule has 1 aromatic carbocycles. The SMILES string of the molecule is OCc1ccccc1N1CCCN2CCCC2C1. The lowest BCUT2D eigenvalue weighted by Gasteiger charge is -2.28. The summed E-state index contributed by atoms with van der Waals surface area (Å²) >= 11 is 0. The summed E-state index contributed by atoms with van der Waals surface area (Å²) in [6.45, 7) is 4.89. The first kappa shape index (κ1) is 12.0. The lowest BCUT2D eigenvalue weighted by atomic mass is 10.1. The highest BCUT2D eigenvalue weighted by molar-refractivity contribution is 5.53. The molecular weight excluding hydrogens is 224 g/mol. The van der Waals surface area contributed by atoms with Crippen LogP contribution in [0.3, 0.4) is 0 Å². The predicted octanol–water partition coefficient (Wildman–Crippen LogP) is 1.85. The third-order valence-electron chi connectivity index (χ3n) is 4.31. The molecular formula is C15H22N2O. The van der Waals surface area contributed by atoms with Crippen molar-refractivity contribution in [3.05, 3.63) is 29.8 Å². The van der Waals surface area contributed by atoms with Gasteiger partial charge < -0.3 is 10.0 Å². The third-order valence-corrected chi connectivity index (χ3v) is 4.31. The summed E-state index contributed by atoms with van der Waals surface area (Å²) < 4.78 is 0. The molecule has 2 aliphatic rings. The molecule has 0 saturated carbocycles. The maximum absolute atomic E-state index is 9.47. The summed E-state index contributed by atoms with van der Waals surface area (Å²) in [6.07, 6.45) is 3.91. The smallest absolute Gasteiger partial charge is 0.0702 e. The Kier molecular flexibility index (Phi) is 3.52. The van der Waals surface area contributed by atoms with Gasteiger partial charge in [-0.15, -0.1) is 0 Å². The van der Waals surface area contributed by atoms with Crippen LogP contribution in [0.25, 0.3) is 0 Å². The molecule has 18 heavy (non-hydrogen) atoms. The largest absolute Gasteiger partial charge is 0.392 e. The topological polar surface area (TPSA) is 26.7 Å². The molecule has 0 aliphatic carbocycles. The van der Waals surface area contributed by atoms with Crippen LogP contribution in [0.5, 0.6) is 0 Å². The lowest BCUT2D eigenvalue weighted by Crippen LogP contribution is -2.36. The van der Waals surface area contributed by atoms with Crippen molar-refractivity contribution in [1.82, 2.24) is 4.90 Å². The molecule has 0 bridgehead atoms. The molecule has 1 unspecified atom stereocenters. The molecule has 2 saturated heterocycles. The monoisotopic (exact) mass is 246 g/mol. The van der Waals surface area contributed by atoms with Gasteiger partial charge in [-0.2, -0.15) is 0 Å². The number of aliphatic hydroxyl groups is 1. The van der Waals surface area contributed by atoms with E-state index >= 15 is 0 Å². The number of hydrogen-bond acceptors (Lipinski definition) is 3. The van der Waals surface area contributed by atoms with Crippen LogP contribution < -0.4 is 4.90 Å². The van der Waals surface area contributed by atoms with Crippen molar-refractivity contribution < 1.29 is 5.11 Å². The van der Waals surface area contributed by atoms with Crippen molar-refractivity contribution in [3.63, 3.8) is 0 Å². The van der Waals surface area contributed by atoms with E-state index in [0.717, 1.165) is 24.7 Å². The van der Waals surface area contributed by atoms with Crippen LogP contribution in [0.2, 0.25) is 0 Å². The van der Waals surface area contributed by atoms with Gasteiger partial charge in [0.25, 0.3) is 0 Å². The number of hydrogen-bond donors (Lipinski definition) is 1. The summed E-state index contributed by atoms with van der Waals surface area (Å²) in [7, 11) is 0. The molecule has 1 atom stereocenters. The van der Waals surface area contributed by atoms with Gasteiger partial charge in [-0.05, 0) is 31.9 Å². The van der Waals surface area contributed by atoms with Crippen LogP contribution in [-0.4, -0.2) is 42.2 Å². The Bertz CT molecular complexity index is 407. The second kappa shape index (κ2) is 5.29. The Hall–Kier alpha value is -1.06. The zero-order chi connectivity index (χ0) is 12.4. The molecule has 2 heterocycles.